The molecule has 2 heteroatoms. The first-order chi connectivity index (χ1) is 8.81. The zero-order chi connectivity index (χ0) is 12.8. The number of hydrogen-bond donors (Lipinski definition) is 0. The van der Waals surface area contributed by atoms with Crippen molar-refractivity contribution in [2.45, 2.75) is 51.6 Å². The first kappa shape index (κ1) is 13.9. The van der Waals surface area contributed by atoms with Crippen LogP contribution in [0.25, 0.3) is 0 Å². The first-order valence-electron chi connectivity index (χ1n) is 7.70. The number of fused-ring (bicyclic) bond motifs is 2. The van der Waals surface area contributed by atoms with E-state index in [4.69, 9.17) is 4.74 Å². The smallest absolute Gasteiger partial charge is 0.144 e. The number of unbranched alkanes of at least 4 members (excludes halogenated alkanes) is 1. The van der Waals surface area contributed by atoms with E-state index in [1.807, 2.05) is 0 Å². The van der Waals surface area contributed by atoms with Crippen LogP contribution in [0.3, 0.4) is 0 Å². The average molecular weight is 246 g/mol. The lowest BCUT2D eigenvalue weighted by Gasteiger charge is -2.36. The third-order valence-electron chi connectivity index (χ3n) is 4.39. The quantitative estimate of drug-likeness (QED) is 0.366. The molecular formula is C16H27BO. The fraction of sp³-hybridized carbons (Fsp3) is 0.750. The van der Waals surface area contributed by atoms with E-state index >= 15 is 0 Å². The number of ether oxygens (including phenoxy) is 1. The van der Waals surface area contributed by atoms with Crippen molar-refractivity contribution in [3.05, 3.63) is 24.3 Å². The van der Waals surface area contributed by atoms with Crippen LogP contribution in [-0.4, -0.2) is 19.9 Å². The summed E-state index contributed by atoms with van der Waals surface area (Å²) in [7, 11) is 0. The molecule has 1 saturated heterocycles. The molecule has 0 amide bonds. The van der Waals surface area contributed by atoms with E-state index in [0.29, 0.717) is 0 Å². The van der Waals surface area contributed by atoms with Gasteiger partial charge < -0.3 is 4.74 Å². The van der Waals surface area contributed by atoms with Gasteiger partial charge in [-0.15, -0.1) is 6.58 Å². The molecular weight excluding hydrogens is 219 g/mol. The molecule has 1 heterocycles. The second-order valence-corrected chi connectivity index (χ2v) is 6.16. The molecule has 2 bridgehead atoms. The van der Waals surface area contributed by atoms with E-state index in [9.17, 15) is 0 Å². The lowest BCUT2D eigenvalue weighted by Crippen LogP contribution is -2.31. The highest BCUT2D eigenvalue weighted by atomic mass is 16.5. The Hall–Kier alpha value is -0.495. The minimum atomic E-state index is 0.826. The van der Waals surface area contributed by atoms with Crippen LogP contribution in [0.4, 0.5) is 0 Å². The molecule has 18 heavy (non-hydrogen) atoms. The number of hydrogen-bond acceptors (Lipinski definition) is 1. The largest absolute Gasteiger partial charge is 0.377 e. The first-order valence-corrected chi connectivity index (χ1v) is 7.70. The summed E-state index contributed by atoms with van der Waals surface area (Å²) in [6.45, 7) is 8.82. The topological polar surface area (TPSA) is 9.23 Å². The van der Waals surface area contributed by atoms with E-state index in [-0.39, 0.29) is 0 Å². The molecule has 2 unspecified atom stereocenters. The van der Waals surface area contributed by atoms with Gasteiger partial charge in [-0.2, -0.15) is 0 Å². The third kappa shape index (κ3) is 4.01. The molecule has 0 N–H and O–H groups in total. The van der Waals surface area contributed by atoms with Gasteiger partial charge in [0.2, 0.25) is 0 Å². The predicted octanol–water partition coefficient (Wildman–Crippen LogP) is 4.45. The minimum Gasteiger partial charge on any atom is -0.377 e. The van der Waals surface area contributed by atoms with E-state index in [0.717, 1.165) is 31.8 Å². The van der Waals surface area contributed by atoms with Crippen molar-refractivity contribution in [2.75, 3.05) is 13.2 Å². The summed E-state index contributed by atoms with van der Waals surface area (Å²) in [4.78, 5) is 0. The zero-order valence-electron chi connectivity index (χ0n) is 11.9. The molecule has 0 spiro atoms. The zero-order valence-corrected chi connectivity index (χ0v) is 11.9. The van der Waals surface area contributed by atoms with Crippen molar-refractivity contribution in [1.29, 1.82) is 0 Å². The van der Waals surface area contributed by atoms with Crippen LogP contribution in [-0.2, 0) is 4.74 Å². The van der Waals surface area contributed by atoms with Gasteiger partial charge in [-0.25, -0.2) is 0 Å². The van der Waals surface area contributed by atoms with E-state index in [1.165, 1.54) is 44.6 Å². The Kier molecular flexibility index (Phi) is 5.56. The van der Waals surface area contributed by atoms with Gasteiger partial charge in [0.1, 0.15) is 6.71 Å². The summed E-state index contributed by atoms with van der Waals surface area (Å²) < 4.78 is 5.77. The Morgan fingerprint density at radius 1 is 1.50 bits per heavy atom. The van der Waals surface area contributed by atoms with Crippen molar-refractivity contribution >= 4 is 6.71 Å². The molecule has 0 radical (unpaired) electrons. The van der Waals surface area contributed by atoms with Gasteiger partial charge in [0.05, 0.1) is 6.61 Å². The highest BCUT2D eigenvalue weighted by Crippen LogP contribution is 2.40. The molecule has 0 aromatic carbocycles. The monoisotopic (exact) mass is 246 g/mol. The maximum absolute atomic E-state index is 5.77. The normalized spacial score (nSPS) is 26.9. The van der Waals surface area contributed by atoms with Crippen molar-refractivity contribution in [3.8, 4) is 0 Å². The predicted molar refractivity (Wildman–Crippen MR) is 80.4 cm³/mol. The van der Waals surface area contributed by atoms with E-state index in [2.05, 4.69) is 25.7 Å². The van der Waals surface area contributed by atoms with Crippen LogP contribution < -0.4 is 0 Å². The molecule has 1 nitrogen and oxygen atoms in total. The maximum Gasteiger partial charge on any atom is 0.144 e. The summed E-state index contributed by atoms with van der Waals surface area (Å²) >= 11 is 0. The van der Waals surface area contributed by atoms with Crippen LogP contribution in [0.2, 0.25) is 19.0 Å². The number of allylic oxidation sites excluding steroid dienone is 2. The molecule has 0 aromatic heterocycles. The van der Waals surface area contributed by atoms with Crippen molar-refractivity contribution in [1.82, 2.24) is 0 Å². The molecule has 1 fully saturated rings. The summed E-state index contributed by atoms with van der Waals surface area (Å²) in [5.41, 5.74) is 1.57. The van der Waals surface area contributed by atoms with Gasteiger partial charge in [0, 0.05) is 6.61 Å². The molecule has 2 atom stereocenters. The number of rotatable bonds is 7. The van der Waals surface area contributed by atoms with Crippen LogP contribution in [0.5, 0.6) is 0 Å². The Bertz CT molecular complexity index is 297. The highest BCUT2D eigenvalue weighted by Gasteiger charge is 2.32. The lowest BCUT2D eigenvalue weighted by atomic mass is 9.35. The molecule has 2 aliphatic rings. The van der Waals surface area contributed by atoms with Crippen LogP contribution in [0, 0.1) is 11.8 Å². The summed E-state index contributed by atoms with van der Waals surface area (Å²) in [6.07, 6.45) is 13.8. The van der Waals surface area contributed by atoms with Gasteiger partial charge in [0.25, 0.3) is 0 Å². The lowest BCUT2D eigenvalue weighted by molar-refractivity contribution is 0.146. The highest BCUT2D eigenvalue weighted by molar-refractivity contribution is 6.59. The molecule has 2 rings (SSSR count). The van der Waals surface area contributed by atoms with Gasteiger partial charge in [0.15, 0.2) is 0 Å². The summed E-state index contributed by atoms with van der Waals surface area (Å²) in [6, 6.07) is 0. The van der Waals surface area contributed by atoms with Gasteiger partial charge in [-0.05, 0) is 36.7 Å². The van der Waals surface area contributed by atoms with Crippen LogP contribution in [0.15, 0.2) is 24.3 Å². The second kappa shape index (κ2) is 7.18. The van der Waals surface area contributed by atoms with Crippen molar-refractivity contribution < 1.29 is 4.74 Å². The van der Waals surface area contributed by atoms with Gasteiger partial charge in [-0.3, -0.25) is 0 Å². The second-order valence-electron chi connectivity index (χ2n) is 6.16. The van der Waals surface area contributed by atoms with Gasteiger partial charge in [-0.1, -0.05) is 44.5 Å². The van der Waals surface area contributed by atoms with E-state index in [1.54, 1.807) is 5.57 Å². The Morgan fingerprint density at radius 3 is 3.11 bits per heavy atom. The minimum absolute atomic E-state index is 0.826. The molecule has 1 aliphatic carbocycles. The summed E-state index contributed by atoms with van der Waals surface area (Å²) in [5, 5.41) is 0. The van der Waals surface area contributed by atoms with Crippen LogP contribution >= 0.6 is 0 Å². The van der Waals surface area contributed by atoms with Gasteiger partial charge >= 0.3 is 0 Å². The Labute approximate surface area is 113 Å². The fourth-order valence-corrected chi connectivity index (χ4v) is 3.68. The van der Waals surface area contributed by atoms with Crippen molar-refractivity contribution in [3.63, 3.8) is 0 Å². The average Bonchev–Trinajstić information content (AvgIpc) is 2.34. The maximum atomic E-state index is 5.77. The molecule has 0 saturated carbocycles. The third-order valence-corrected chi connectivity index (χ3v) is 4.39. The summed E-state index contributed by atoms with van der Waals surface area (Å²) in [5.74, 6) is 1.75. The van der Waals surface area contributed by atoms with Crippen molar-refractivity contribution in [2.24, 2.45) is 11.8 Å². The SMILES string of the molecule is C=CCB1CC2C=C(COCCCC)CC(C1)C2. The molecule has 0 aromatic rings. The Balaban J connectivity index is 1.79. The fourth-order valence-electron chi connectivity index (χ4n) is 3.68. The van der Waals surface area contributed by atoms with E-state index < -0.39 is 0 Å². The standard InChI is InChI=1S/C16H27BO/c1-3-5-7-18-13-16-9-14-8-15(10-16)12-17(11-14)6-4-2/h4,9,14-15H,2-3,5-8,10-13H2,1H3. The molecule has 1 aliphatic heterocycles. The Morgan fingerprint density at radius 2 is 2.39 bits per heavy atom. The molecule has 100 valence electrons. The van der Waals surface area contributed by atoms with Crippen LogP contribution in [0.1, 0.15) is 32.6 Å².